The average Bonchev–Trinajstić information content (AvgIpc) is 3.01. The molecule has 3 nitrogen and oxygen atoms in total. The van der Waals surface area contributed by atoms with Gasteiger partial charge in [0.15, 0.2) is 0 Å². The van der Waals surface area contributed by atoms with Crippen molar-refractivity contribution < 1.29 is 0 Å². The molecule has 0 bridgehead atoms. The van der Waals surface area contributed by atoms with Crippen LogP contribution < -0.4 is 5.32 Å². The predicted molar refractivity (Wildman–Crippen MR) is 74.7 cm³/mol. The first kappa shape index (κ1) is 10.9. The van der Waals surface area contributed by atoms with Gasteiger partial charge in [0.25, 0.3) is 0 Å². The normalized spacial score (nSPS) is 28.0. The fourth-order valence-electron chi connectivity index (χ4n) is 3.26. The number of aromatic nitrogens is 1. The first-order chi connectivity index (χ1) is 8.88. The van der Waals surface area contributed by atoms with E-state index < -0.39 is 0 Å². The molecule has 0 spiro atoms. The van der Waals surface area contributed by atoms with Crippen molar-refractivity contribution in [3.63, 3.8) is 0 Å². The Morgan fingerprint density at radius 3 is 2.78 bits per heavy atom. The van der Waals surface area contributed by atoms with Gasteiger partial charge in [0.05, 0.1) is 16.8 Å². The van der Waals surface area contributed by atoms with Crippen molar-refractivity contribution >= 4 is 21.6 Å². The van der Waals surface area contributed by atoms with E-state index in [4.69, 9.17) is 4.98 Å². The first-order valence-corrected chi connectivity index (χ1v) is 7.47. The second kappa shape index (κ2) is 4.30. The number of nitrogens with one attached hydrogen (secondary N) is 1. The molecule has 4 rings (SSSR count). The molecule has 2 aliphatic rings. The molecule has 0 unspecified atom stereocenters. The van der Waals surface area contributed by atoms with Crippen LogP contribution in [-0.4, -0.2) is 36.1 Å². The summed E-state index contributed by atoms with van der Waals surface area (Å²) in [5.41, 5.74) is 1.15. The standard InChI is InChI=1S/C14H17N3S/c1-2-4-13-12(3-1)16-14(18-13)9-17-7-10-5-15-6-11(10)8-17/h1-4,10-11,15H,5-9H2/t10-,11+. The lowest BCUT2D eigenvalue weighted by atomic mass is 10.0. The van der Waals surface area contributed by atoms with Gasteiger partial charge in [-0.25, -0.2) is 4.98 Å². The Balaban J connectivity index is 1.51. The summed E-state index contributed by atoms with van der Waals surface area (Å²) in [6.45, 7) is 5.94. The Bertz CT molecular complexity index is 520. The summed E-state index contributed by atoms with van der Waals surface area (Å²) >= 11 is 1.84. The summed E-state index contributed by atoms with van der Waals surface area (Å²) in [5, 5.41) is 4.76. The monoisotopic (exact) mass is 259 g/mol. The van der Waals surface area contributed by atoms with Crippen molar-refractivity contribution in [2.75, 3.05) is 26.2 Å². The van der Waals surface area contributed by atoms with Crippen LogP contribution in [0.2, 0.25) is 0 Å². The minimum Gasteiger partial charge on any atom is -0.316 e. The van der Waals surface area contributed by atoms with Gasteiger partial charge in [-0.05, 0) is 37.1 Å². The zero-order chi connectivity index (χ0) is 11.9. The Kier molecular flexibility index (Phi) is 2.60. The number of hydrogen-bond acceptors (Lipinski definition) is 4. The highest BCUT2D eigenvalue weighted by atomic mass is 32.1. The van der Waals surface area contributed by atoms with Crippen molar-refractivity contribution in [3.8, 4) is 0 Å². The SMILES string of the molecule is c1ccc2sc(CN3C[C@H]4CNC[C@H]4C3)nc2c1. The molecule has 2 atom stereocenters. The molecule has 0 radical (unpaired) electrons. The lowest BCUT2D eigenvalue weighted by molar-refractivity contribution is 0.305. The van der Waals surface area contributed by atoms with E-state index in [9.17, 15) is 0 Å². The van der Waals surface area contributed by atoms with E-state index in [1.807, 2.05) is 11.3 Å². The first-order valence-electron chi connectivity index (χ1n) is 6.66. The molecule has 2 aromatic rings. The van der Waals surface area contributed by atoms with Crippen LogP contribution in [-0.2, 0) is 6.54 Å². The predicted octanol–water partition coefficient (Wildman–Crippen LogP) is 1.95. The van der Waals surface area contributed by atoms with Crippen LogP contribution in [0.5, 0.6) is 0 Å². The summed E-state index contributed by atoms with van der Waals surface area (Å²) in [6, 6.07) is 8.44. The van der Waals surface area contributed by atoms with E-state index in [0.29, 0.717) is 0 Å². The van der Waals surface area contributed by atoms with Crippen molar-refractivity contribution in [1.82, 2.24) is 15.2 Å². The zero-order valence-corrected chi connectivity index (χ0v) is 11.1. The van der Waals surface area contributed by atoms with Crippen LogP contribution in [0.4, 0.5) is 0 Å². The number of likely N-dealkylation sites (tertiary alicyclic amines) is 1. The van der Waals surface area contributed by atoms with Crippen molar-refractivity contribution in [2.45, 2.75) is 6.54 Å². The van der Waals surface area contributed by atoms with Gasteiger partial charge in [-0.1, -0.05) is 12.1 Å². The van der Waals surface area contributed by atoms with Gasteiger partial charge < -0.3 is 5.32 Å². The van der Waals surface area contributed by atoms with Crippen molar-refractivity contribution in [3.05, 3.63) is 29.3 Å². The van der Waals surface area contributed by atoms with Gasteiger partial charge >= 0.3 is 0 Å². The maximum atomic E-state index is 4.73. The van der Waals surface area contributed by atoms with E-state index in [0.717, 1.165) is 23.9 Å². The Morgan fingerprint density at radius 2 is 2.00 bits per heavy atom. The number of hydrogen-bond donors (Lipinski definition) is 1. The quantitative estimate of drug-likeness (QED) is 0.893. The molecular formula is C14H17N3S. The molecule has 1 aromatic carbocycles. The van der Waals surface area contributed by atoms with E-state index in [1.54, 1.807) is 0 Å². The summed E-state index contributed by atoms with van der Waals surface area (Å²) in [4.78, 5) is 7.31. The third-order valence-electron chi connectivity index (χ3n) is 4.16. The van der Waals surface area contributed by atoms with Crippen LogP contribution >= 0.6 is 11.3 Å². The lowest BCUT2D eigenvalue weighted by Gasteiger charge is -2.14. The molecule has 3 heterocycles. The minimum absolute atomic E-state index is 0.874. The van der Waals surface area contributed by atoms with Crippen LogP contribution in [0.3, 0.4) is 0 Å². The summed E-state index contributed by atoms with van der Waals surface area (Å²) in [7, 11) is 0. The third-order valence-corrected chi connectivity index (χ3v) is 5.18. The van der Waals surface area contributed by atoms with Gasteiger partial charge in [0.1, 0.15) is 5.01 Å². The third kappa shape index (κ3) is 1.85. The molecule has 0 amide bonds. The fraction of sp³-hybridized carbons (Fsp3) is 0.500. The highest BCUT2D eigenvalue weighted by Crippen LogP contribution is 2.29. The number of rotatable bonds is 2. The second-order valence-corrected chi connectivity index (χ2v) is 6.56. The smallest absolute Gasteiger partial charge is 0.108 e. The van der Waals surface area contributed by atoms with E-state index in [-0.39, 0.29) is 0 Å². The number of thiazole rings is 1. The number of benzene rings is 1. The zero-order valence-electron chi connectivity index (χ0n) is 10.3. The maximum absolute atomic E-state index is 4.73. The second-order valence-electron chi connectivity index (χ2n) is 5.45. The molecule has 0 aliphatic carbocycles. The van der Waals surface area contributed by atoms with Gasteiger partial charge in [-0.3, -0.25) is 4.90 Å². The summed E-state index contributed by atoms with van der Waals surface area (Å²) < 4.78 is 1.31. The largest absolute Gasteiger partial charge is 0.316 e. The van der Waals surface area contributed by atoms with Gasteiger partial charge in [-0.15, -0.1) is 11.3 Å². The number of nitrogens with zero attached hydrogens (tertiary/aromatic N) is 2. The molecule has 18 heavy (non-hydrogen) atoms. The van der Waals surface area contributed by atoms with Crippen molar-refractivity contribution in [1.29, 1.82) is 0 Å². The summed E-state index contributed by atoms with van der Waals surface area (Å²) in [6.07, 6.45) is 0. The molecule has 94 valence electrons. The highest BCUT2D eigenvalue weighted by molar-refractivity contribution is 7.18. The number of fused-ring (bicyclic) bond motifs is 2. The highest BCUT2D eigenvalue weighted by Gasteiger charge is 2.36. The van der Waals surface area contributed by atoms with Crippen LogP contribution in [0.25, 0.3) is 10.2 Å². The summed E-state index contributed by atoms with van der Waals surface area (Å²) in [5.74, 6) is 1.75. The molecule has 0 saturated carbocycles. The van der Waals surface area contributed by atoms with E-state index in [2.05, 4.69) is 34.5 Å². The minimum atomic E-state index is 0.874. The van der Waals surface area contributed by atoms with Gasteiger partial charge in [-0.2, -0.15) is 0 Å². The van der Waals surface area contributed by atoms with Gasteiger partial charge in [0, 0.05) is 13.1 Å². The molecule has 1 aromatic heterocycles. The number of para-hydroxylation sites is 1. The molecule has 1 N–H and O–H groups in total. The molecule has 2 saturated heterocycles. The maximum Gasteiger partial charge on any atom is 0.108 e. The molecule has 2 aliphatic heterocycles. The van der Waals surface area contributed by atoms with E-state index >= 15 is 0 Å². The molecule has 4 heteroatoms. The van der Waals surface area contributed by atoms with Crippen molar-refractivity contribution in [2.24, 2.45) is 11.8 Å². The average molecular weight is 259 g/mol. The molecule has 2 fully saturated rings. The molecular weight excluding hydrogens is 242 g/mol. The lowest BCUT2D eigenvalue weighted by Crippen LogP contribution is -2.25. The van der Waals surface area contributed by atoms with Crippen LogP contribution in [0, 0.1) is 11.8 Å². The van der Waals surface area contributed by atoms with Crippen LogP contribution in [0.15, 0.2) is 24.3 Å². The van der Waals surface area contributed by atoms with E-state index in [1.165, 1.54) is 35.9 Å². The Labute approximate surface area is 111 Å². The topological polar surface area (TPSA) is 28.2 Å². The van der Waals surface area contributed by atoms with Gasteiger partial charge in [0.2, 0.25) is 0 Å². The van der Waals surface area contributed by atoms with Crippen LogP contribution in [0.1, 0.15) is 5.01 Å². The Morgan fingerprint density at radius 1 is 1.22 bits per heavy atom. The fourth-order valence-corrected chi connectivity index (χ4v) is 4.27. The Hall–Kier alpha value is -0.970.